The maximum atomic E-state index is 12.3. The molecule has 1 N–H and O–H groups in total. The Morgan fingerprint density at radius 1 is 0.789 bits per heavy atom. The molecule has 2 aromatic rings. The second-order valence-corrected chi connectivity index (χ2v) is 4.40. The van der Waals surface area contributed by atoms with E-state index in [1.165, 1.54) is 5.01 Å². The van der Waals surface area contributed by atoms with Crippen molar-refractivity contribution in [1.82, 2.24) is 10.4 Å². The molecule has 1 aliphatic heterocycles. The lowest BCUT2D eigenvalue weighted by molar-refractivity contribution is 0.0635. The normalized spacial score (nSPS) is 14.1. The van der Waals surface area contributed by atoms with E-state index in [4.69, 9.17) is 0 Å². The number of hydrogen-bond donors (Lipinski definition) is 1. The molecule has 19 heavy (non-hydrogen) atoms. The van der Waals surface area contributed by atoms with E-state index >= 15 is 0 Å². The quantitative estimate of drug-likeness (QED) is 0.780. The van der Waals surface area contributed by atoms with Gasteiger partial charge in [-0.25, -0.2) is 0 Å². The van der Waals surface area contributed by atoms with Crippen molar-refractivity contribution in [1.29, 1.82) is 0 Å². The second kappa shape index (κ2) is 4.24. The van der Waals surface area contributed by atoms with E-state index in [1.807, 2.05) is 36.4 Å². The van der Waals surface area contributed by atoms with Gasteiger partial charge in [0.15, 0.2) is 0 Å². The summed E-state index contributed by atoms with van der Waals surface area (Å²) in [5.41, 5.74) is 5.28. The number of benzene rings is 2. The minimum absolute atomic E-state index is 0.224. The van der Waals surface area contributed by atoms with Crippen LogP contribution in [0.4, 0.5) is 0 Å². The average Bonchev–Trinajstić information content (AvgIpc) is 2.45. The van der Waals surface area contributed by atoms with Crippen molar-refractivity contribution in [3.8, 4) is 11.1 Å². The average molecular weight is 252 g/mol. The second-order valence-electron chi connectivity index (χ2n) is 4.40. The first-order valence-corrected chi connectivity index (χ1v) is 5.96. The Labute approximate surface area is 110 Å². The fourth-order valence-corrected chi connectivity index (χ4v) is 2.26. The number of carbonyl (C=O) groups is 2. The highest BCUT2D eigenvalue weighted by Gasteiger charge is 2.24. The molecule has 0 radical (unpaired) electrons. The largest absolute Gasteiger partial charge is 0.272 e. The molecule has 0 aliphatic carbocycles. The molecule has 0 aromatic heterocycles. The van der Waals surface area contributed by atoms with E-state index in [0.29, 0.717) is 11.1 Å². The van der Waals surface area contributed by atoms with Gasteiger partial charge in [0.05, 0.1) is 0 Å². The van der Waals surface area contributed by atoms with Gasteiger partial charge in [-0.15, -0.1) is 0 Å². The standard InChI is InChI=1S/C15H12N2O2/c1-17-15(19)13-9-5-3-7-11(13)10-6-2-4-8-12(10)14(18)16-17/h2-9H,1H3,(H,16,18). The van der Waals surface area contributed by atoms with E-state index < -0.39 is 0 Å². The SMILES string of the molecule is CN1NC(=O)c2ccccc2-c2ccccc2C1=O. The number of hydrazine groups is 1. The van der Waals surface area contributed by atoms with Gasteiger partial charge in [0, 0.05) is 18.2 Å². The summed E-state index contributed by atoms with van der Waals surface area (Å²) in [5.74, 6) is -0.501. The number of amides is 2. The Morgan fingerprint density at radius 2 is 1.26 bits per heavy atom. The predicted octanol–water partition coefficient (Wildman–Crippen LogP) is 2.08. The Morgan fingerprint density at radius 3 is 1.89 bits per heavy atom. The van der Waals surface area contributed by atoms with Crippen LogP contribution in [0.2, 0.25) is 0 Å². The first-order valence-electron chi connectivity index (χ1n) is 5.96. The topological polar surface area (TPSA) is 49.4 Å². The highest BCUT2D eigenvalue weighted by atomic mass is 16.2. The molecular weight excluding hydrogens is 240 g/mol. The van der Waals surface area contributed by atoms with E-state index in [0.717, 1.165) is 11.1 Å². The highest BCUT2D eigenvalue weighted by Crippen LogP contribution is 2.29. The minimum atomic E-state index is -0.277. The van der Waals surface area contributed by atoms with Gasteiger partial charge in [-0.2, -0.15) is 0 Å². The number of nitrogens with zero attached hydrogens (tertiary/aromatic N) is 1. The van der Waals surface area contributed by atoms with Crippen molar-refractivity contribution in [3.63, 3.8) is 0 Å². The lowest BCUT2D eigenvalue weighted by atomic mass is 9.94. The van der Waals surface area contributed by atoms with E-state index in [1.54, 1.807) is 19.2 Å². The van der Waals surface area contributed by atoms with Gasteiger partial charge in [-0.05, 0) is 23.3 Å². The molecule has 0 unspecified atom stereocenters. The summed E-state index contributed by atoms with van der Waals surface area (Å²) >= 11 is 0. The summed E-state index contributed by atoms with van der Waals surface area (Å²) in [7, 11) is 1.55. The molecular formula is C15H12N2O2. The van der Waals surface area contributed by atoms with Crippen LogP contribution in [-0.2, 0) is 0 Å². The van der Waals surface area contributed by atoms with Crippen LogP contribution in [0.1, 0.15) is 20.7 Å². The van der Waals surface area contributed by atoms with E-state index in [-0.39, 0.29) is 11.8 Å². The molecule has 0 saturated carbocycles. The molecule has 4 nitrogen and oxygen atoms in total. The van der Waals surface area contributed by atoms with E-state index in [2.05, 4.69) is 5.43 Å². The van der Waals surface area contributed by atoms with Crippen LogP contribution in [0.15, 0.2) is 48.5 Å². The molecule has 0 atom stereocenters. The first-order chi connectivity index (χ1) is 9.18. The zero-order chi connectivity index (χ0) is 13.4. The van der Waals surface area contributed by atoms with Crippen LogP contribution in [-0.4, -0.2) is 23.9 Å². The van der Waals surface area contributed by atoms with Gasteiger partial charge in [-0.1, -0.05) is 36.4 Å². The Kier molecular flexibility index (Phi) is 2.56. The van der Waals surface area contributed by atoms with Crippen molar-refractivity contribution in [2.24, 2.45) is 0 Å². The van der Waals surface area contributed by atoms with Gasteiger partial charge in [-0.3, -0.25) is 20.0 Å². The summed E-state index contributed by atoms with van der Waals surface area (Å²) in [5, 5.41) is 1.22. The Bertz CT molecular complexity index is 679. The van der Waals surface area contributed by atoms with Crippen LogP contribution in [0, 0.1) is 0 Å². The third-order valence-electron chi connectivity index (χ3n) is 3.19. The molecule has 0 bridgehead atoms. The summed E-state index contributed by atoms with van der Waals surface area (Å²) in [6.45, 7) is 0. The van der Waals surface area contributed by atoms with Gasteiger partial charge in [0.25, 0.3) is 11.8 Å². The van der Waals surface area contributed by atoms with Crippen molar-refractivity contribution >= 4 is 11.8 Å². The van der Waals surface area contributed by atoms with Crippen molar-refractivity contribution in [3.05, 3.63) is 59.7 Å². The minimum Gasteiger partial charge on any atom is -0.267 e. The maximum absolute atomic E-state index is 12.3. The summed E-state index contributed by atoms with van der Waals surface area (Å²) in [6, 6.07) is 14.6. The smallest absolute Gasteiger partial charge is 0.267 e. The molecule has 0 saturated heterocycles. The fourth-order valence-electron chi connectivity index (χ4n) is 2.26. The summed E-state index contributed by atoms with van der Waals surface area (Å²) in [4.78, 5) is 24.4. The molecule has 3 rings (SSSR count). The first kappa shape index (κ1) is 11.5. The molecule has 0 spiro atoms. The highest BCUT2D eigenvalue weighted by molar-refractivity contribution is 6.09. The number of rotatable bonds is 0. The lowest BCUT2D eigenvalue weighted by Gasteiger charge is -2.24. The monoisotopic (exact) mass is 252 g/mol. The Balaban J connectivity index is 2.34. The number of carbonyl (C=O) groups excluding carboxylic acids is 2. The molecule has 94 valence electrons. The summed E-state index contributed by atoms with van der Waals surface area (Å²) in [6.07, 6.45) is 0. The van der Waals surface area contributed by atoms with Crippen LogP contribution in [0.3, 0.4) is 0 Å². The Hall–Kier alpha value is -2.62. The van der Waals surface area contributed by atoms with Crippen LogP contribution in [0.5, 0.6) is 0 Å². The number of fused-ring (bicyclic) bond motifs is 3. The van der Waals surface area contributed by atoms with Crippen LogP contribution >= 0.6 is 0 Å². The zero-order valence-electron chi connectivity index (χ0n) is 10.4. The molecule has 4 heteroatoms. The van der Waals surface area contributed by atoms with Crippen molar-refractivity contribution in [2.45, 2.75) is 0 Å². The number of hydrogen-bond acceptors (Lipinski definition) is 2. The molecule has 1 aliphatic rings. The fraction of sp³-hybridized carbons (Fsp3) is 0.0667. The third kappa shape index (κ3) is 1.78. The van der Waals surface area contributed by atoms with Gasteiger partial charge < -0.3 is 0 Å². The molecule has 0 fully saturated rings. The third-order valence-corrected chi connectivity index (χ3v) is 3.19. The maximum Gasteiger partial charge on any atom is 0.272 e. The van der Waals surface area contributed by atoms with Gasteiger partial charge in [0.1, 0.15) is 0 Å². The van der Waals surface area contributed by atoms with Crippen molar-refractivity contribution < 1.29 is 9.59 Å². The lowest BCUT2D eigenvalue weighted by Crippen LogP contribution is -2.44. The molecule has 2 amide bonds. The molecule has 1 heterocycles. The van der Waals surface area contributed by atoms with Crippen LogP contribution < -0.4 is 5.43 Å². The van der Waals surface area contributed by atoms with Crippen LogP contribution in [0.25, 0.3) is 11.1 Å². The molecule has 2 aromatic carbocycles. The van der Waals surface area contributed by atoms with Gasteiger partial charge >= 0.3 is 0 Å². The predicted molar refractivity (Wildman–Crippen MR) is 71.4 cm³/mol. The zero-order valence-corrected chi connectivity index (χ0v) is 10.4. The van der Waals surface area contributed by atoms with Gasteiger partial charge in [0.2, 0.25) is 0 Å². The van der Waals surface area contributed by atoms with E-state index in [9.17, 15) is 9.59 Å². The van der Waals surface area contributed by atoms with Crippen molar-refractivity contribution in [2.75, 3.05) is 7.05 Å². The number of nitrogens with one attached hydrogen (secondary N) is 1. The summed E-state index contributed by atoms with van der Waals surface area (Å²) < 4.78 is 0.